The lowest BCUT2D eigenvalue weighted by atomic mass is 10.3. The number of hydrogen-bond acceptors (Lipinski definition) is 10. The second-order valence-corrected chi connectivity index (χ2v) is 13.5. The molecule has 0 fully saturated rings. The van der Waals surface area contributed by atoms with Crippen LogP contribution in [0.25, 0.3) is 0 Å². The number of benzene rings is 2. The summed E-state index contributed by atoms with van der Waals surface area (Å²) < 4.78 is 48.8. The lowest BCUT2D eigenvalue weighted by Crippen LogP contribution is -1.99. The van der Waals surface area contributed by atoms with E-state index in [2.05, 4.69) is 0 Å². The largest absolute Gasteiger partial charge is 0.270 e. The zero-order chi connectivity index (χ0) is 19.5. The summed E-state index contributed by atoms with van der Waals surface area (Å²) in [6.45, 7) is 0. The van der Waals surface area contributed by atoms with Crippen molar-refractivity contribution >= 4 is 48.8 Å². The fourth-order valence-corrected chi connectivity index (χ4v) is 11.2. The van der Waals surface area contributed by atoms with Crippen molar-refractivity contribution in [1.82, 2.24) is 0 Å². The van der Waals surface area contributed by atoms with Gasteiger partial charge in [-0.2, -0.15) is 0 Å². The molecule has 0 saturated heterocycles. The maximum atomic E-state index is 12.2. The van der Waals surface area contributed by atoms with Gasteiger partial charge in [0, 0.05) is 24.3 Å². The van der Waals surface area contributed by atoms with Crippen molar-refractivity contribution in [2.24, 2.45) is 0 Å². The molecule has 2 aromatic rings. The van der Waals surface area contributed by atoms with Crippen molar-refractivity contribution in [3.8, 4) is 0 Å². The number of nitrogens with zero attached hydrogens (tertiary/aromatic N) is 2. The third kappa shape index (κ3) is 4.72. The first-order valence-corrected chi connectivity index (χ1v) is 12.5. The molecule has 138 valence electrons. The smallest absolute Gasteiger partial charge is 0.258 e. The van der Waals surface area contributed by atoms with E-state index in [1.807, 2.05) is 0 Å². The molecule has 0 heterocycles. The third-order valence-electron chi connectivity index (χ3n) is 2.84. The molecule has 26 heavy (non-hydrogen) atoms. The van der Waals surface area contributed by atoms with Gasteiger partial charge in [0.15, 0.2) is 0 Å². The van der Waals surface area contributed by atoms with E-state index in [9.17, 15) is 37.1 Å². The predicted octanol–water partition coefficient (Wildman–Crippen LogP) is 2.96. The molecule has 0 aliphatic heterocycles. The van der Waals surface area contributed by atoms with E-state index in [4.69, 9.17) is 0 Å². The van der Waals surface area contributed by atoms with Crippen molar-refractivity contribution in [3.63, 3.8) is 0 Å². The summed E-state index contributed by atoms with van der Waals surface area (Å²) in [6, 6.07) is 8.31. The van der Waals surface area contributed by atoms with Gasteiger partial charge in [-0.1, -0.05) is 12.1 Å². The number of hydrogen-bond donors (Lipinski definition) is 0. The monoisotopic (exact) mass is 436 g/mol. The minimum Gasteiger partial charge on any atom is -0.258 e. The summed E-state index contributed by atoms with van der Waals surface area (Å²) >= 11 is 0. The van der Waals surface area contributed by atoms with Crippen LogP contribution >= 0.6 is 19.7 Å². The van der Waals surface area contributed by atoms with Crippen LogP contribution in [0, 0.1) is 20.2 Å². The molecule has 0 saturated carbocycles. The van der Waals surface area contributed by atoms with Crippen molar-refractivity contribution < 1.29 is 26.7 Å². The van der Waals surface area contributed by atoms with E-state index in [1.54, 1.807) is 0 Å². The van der Waals surface area contributed by atoms with Gasteiger partial charge in [-0.05, 0) is 12.1 Å². The van der Waals surface area contributed by atoms with Crippen molar-refractivity contribution in [2.75, 3.05) is 0 Å². The Morgan fingerprint density at radius 2 is 1.04 bits per heavy atom. The predicted molar refractivity (Wildman–Crippen MR) is 95.7 cm³/mol. The highest BCUT2D eigenvalue weighted by Gasteiger charge is 2.26. The molecule has 0 aromatic heterocycles. The van der Waals surface area contributed by atoms with Gasteiger partial charge in [0.25, 0.3) is 11.4 Å². The van der Waals surface area contributed by atoms with Crippen LogP contribution in [0.15, 0.2) is 58.3 Å². The zero-order valence-corrected chi connectivity index (χ0v) is 15.7. The first-order valence-electron chi connectivity index (χ1n) is 6.40. The number of nitro groups is 2. The van der Waals surface area contributed by atoms with E-state index in [1.165, 1.54) is 0 Å². The Labute approximate surface area is 153 Å². The van der Waals surface area contributed by atoms with Crippen molar-refractivity contribution in [2.45, 2.75) is 9.79 Å². The molecule has 0 radical (unpaired) electrons. The molecule has 14 heteroatoms. The van der Waals surface area contributed by atoms with Crippen LogP contribution in [0.3, 0.4) is 0 Å². The van der Waals surface area contributed by atoms with Gasteiger partial charge in [-0.3, -0.25) is 20.2 Å². The Hall–Kier alpha value is -2.16. The lowest BCUT2D eigenvalue weighted by Gasteiger charge is -2.04. The summed E-state index contributed by atoms with van der Waals surface area (Å²) in [5.41, 5.74) is -0.920. The minimum absolute atomic E-state index is 0.0233. The Kier molecular flexibility index (Phi) is 5.90. The lowest BCUT2D eigenvalue weighted by molar-refractivity contribution is -0.385. The van der Waals surface area contributed by atoms with Crippen LogP contribution in [-0.2, 0) is 17.7 Å². The third-order valence-corrected chi connectivity index (χ3v) is 12.5. The standard InChI is InChI=1S/C12H8N2O8S4/c15-13(16)9-3-1-5-11(7-9)25(19,20)23-24-26(21,22)12-6-2-4-10(8-12)14(17)18/h1-8H. The Morgan fingerprint density at radius 3 is 1.35 bits per heavy atom. The summed E-state index contributed by atoms with van der Waals surface area (Å²) in [4.78, 5) is 19.0. The molecule has 2 rings (SSSR count). The summed E-state index contributed by atoms with van der Waals surface area (Å²) in [5.74, 6) is 0. The van der Waals surface area contributed by atoms with E-state index >= 15 is 0 Å². The molecule has 0 unspecified atom stereocenters. The Bertz CT molecular complexity index is 994. The zero-order valence-electron chi connectivity index (χ0n) is 12.4. The van der Waals surface area contributed by atoms with Crippen LogP contribution < -0.4 is 0 Å². The molecular weight excluding hydrogens is 428 g/mol. The van der Waals surface area contributed by atoms with Gasteiger partial charge in [0.1, 0.15) is 0 Å². The van der Waals surface area contributed by atoms with E-state index in [0.29, 0.717) is 0 Å². The summed E-state index contributed by atoms with van der Waals surface area (Å²) in [6.07, 6.45) is 0. The van der Waals surface area contributed by atoms with E-state index in [-0.39, 0.29) is 19.7 Å². The molecule has 0 aliphatic carbocycles. The van der Waals surface area contributed by atoms with E-state index < -0.39 is 48.8 Å². The molecule has 10 nitrogen and oxygen atoms in total. The van der Waals surface area contributed by atoms with Crippen LogP contribution in [0.2, 0.25) is 0 Å². The van der Waals surface area contributed by atoms with Crippen LogP contribution in [0.5, 0.6) is 0 Å². The molecule has 2 aromatic carbocycles. The average Bonchev–Trinajstić information content (AvgIpc) is 2.60. The van der Waals surface area contributed by atoms with Gasteiger partial charge >= 0.3 is 0 Å². The van der Waals surface area contributed by atoms with Gasteiger partial charge in [0.05, 0.1) is 39.3 Å². The second kappa shape index (κ2) is 7.61. The van der Waals surface area contributed by atoms with Gasteiger partial charge in [-0.25, -0.2) is 16.8 Å². The molecule has 0 spiro atoms. The van der Waals surface area contributed by atoms with Gasteiger partial charge < -0.3 is 0 Å². The quantitative estimate of drug-likeness (QED) is 0.359. The topological polar surface area (TPSA) is 155 Å². The normalized spacial score (nSPS) is 11.8. The molecule has 0 bridgehead atoms. The highest BCUT2D eigenvalue weighted by atomic mass is 33.7. The fraction of sp³-hybridized carbons (Fsp3) is 0. The fourth-order valence-electron chi connectivity index (χ4n) is 1.66. The maximum Gasteiger partial charge on any atom is 0.270 e. The molecule has 0 atom stereocenters. The van der Waals surface area contributed by atoms with Gasteiger partial charge in [0.2, 0.25) is 17.7 Å². The highest BCUT2D eigenvalue weighted by Crippen LogP contribution is 2.41. The molecule has 0 aliphatic rings. The number of nitro benzene ring substituents is 2. The summed E-state index contributed by atoms with van der Waals surface area (Å²) in [5, 5.41) is 21.4. The summed E-state index contributed by atoms with van der Waals surface area (Å²) in [7, 11) is -8.49. The first kappa shape index (κ1) is 20.2. The Balaban J connectivity index is 2.26. The first-order chi connectivity index (χ1) is 12.0. The Morgan fingerprint density at radius 1 is 0.692 bits per heavy atom. The van der Waals surface area contributed by atoms with Crippen LogP contribution in [0.4, 0.5) is 11.4 Å². The minimum atomic E-state index is -4.22. The van der Waals surface area contributed by atoms with E-state index in [0.717, 1.165) is 48.5 Å². The van der Waals surface area contributed by atoms with Crippen LogP contribution in [0.1, 0.15) is 0 Å². The van der Waals surface area contributed by atoms with Crippen LogP contribution in [-0.4, -0.2) is 26.7 Å². The highest BCUT2D eigenvalue weighted by molar-refractivity contribution is 9.23. The molecular formula is C12H8N2O8S4. The average molecular weight is 436 g/mol. The molecule has 0 N–H and O–H groups in total. The maximum absolute atomic E-state index is 12.2. The number of non-ortho nitro benzene ring substituents is 2. The SMILES string of the molecule is O=[N+]([O-])c1cccc(S(=O)(=O)SSS(=O)(=O)c2cccc([N+](=O)[O-])c2)c1. The second-order valence-electron chi connectivity index (χ2n) is 4.55. The van der Waals surface area contributed by atoms with Gasteiger partial charge in [-0.15, -0.1) is 0 Å². The van der Waals surface area contributed by atoms with Crippen molar-refractivity contribution in [3.05, 3.63) is 68.8 Å². The van der Waals surface area contributed by atoms with Crippen molar-refractivity contribution in [1.29, 1.82) is 0 Å². The molecule has 0 amide bonds. The number of rotatable bonds is 7.